The summed E-state index contributed by atoms with van der Waals surface area (Å²) in [5, 5.41) is 19.8. The van der Waals surface area contributed by atoms with Gasteiger partial charge in [-0.3, -0.25) is 4.90 Å². The van der Waals surface area contributed by atoms with Gasteiger partial charge in [-0.1, -0.05) is 62.2 Å². The van der Waals surface area contributed by atoms with Crippen molar-refractivity contribution in [3.05, 3.63) is 103 Å². The number of allylic oxidation sites excluding steroid dienone is 4. The van der Waals surface area contributed by atoms with E-state index in [1.807, 2.05) is 12.2 Å². The van der Waals surface area contributed by atoms with Crippen molar-refractivity contribution in [2.45, 2.75) is 38.5 Å². The smallest absolute Gasteiger partial charge is 0.201 e. The van der Waals surface area contributed by atoms with E-state index < -0.39 is 0 Å². The highest BCUT2D eigenvalue weighted by Crippen LogP contribution is 2.47. The maximum Gasteiger partial charge on any atom is 0.201 e. The topological polar surface area (TPSA) is 56.2 Å². The first-order valence-corrected chi connectivity index (χ1v) is 14.4. The van der Waals surface area contributed by atoms with Gasteiger partial charge in [0.1, 0.15) is 0 Å². The first kappa shape index (κ1) is 29.4. The van der Waals surface area contributed by atoms with Gasteiger partial charge in [-0.2, -0.15) is 0 Å². The van der Waals surface area contributed by atoms with Crippen molar-refractivity contribution in [2.24, 2.45) is 5.92 Å². The summed E-state index contributed by atoms with van der Waals surface area (Å²) < 4.78 is 5.65. The van der Waals surface area contributed by atoms with Gasteiger partial charge in [0, 0.05) is 17.7 Å². The second-order valence-electron chi connectivity index (χ2n) is 11.1. The van der Waals surface area contributed by atoms with Gasteiger partial charge in [0.15, 0.2) is 11.5 Å². The quantitative estimate of drug-likeness (QED) is 0.160. The van der Waals surface area contributed by atoms with E-state index in [9.17, 15) is 10.2 Å². The number of benzene rings is 2. The molecule has 2 heterocycles. The molecule has 5 heteroatoms. The molecule has 1 saturated heterocycles. The number of rotatable bonds is 13. The van der Waals surface area contributed by atoms with E-state index in [1.54, 1.807) is 12.3 Å². The minimum atomic E-state index is -0.258. The lowest BCUT2D eigenvalue weighted by molar-refractivity contribution is 0.179. The van der Waals surface area contributed by atoms with Crippen LogP contribution in [0.15, 0.2) is 86.2 Å². The fourth-order valence-corrected chi connectivity index (χ4v) is 5.60. The SMILES string of the molecule is C=C/C=C(\C=C)CN1CCC(CCN(C)CCCCc2ccc(C3=COc4c(ccc(O)c4O)C3=C)cc2)CC1. The maximum absolute atomic E-state index is 10.1. The largest absolute Gasteiger partial charge is 0.504 e. The van der Waals surface area contributed by atoms with Crippen molar-refractivity contribution in [1.82, 2.24) is 9.80 Å². The number of ether oxygens (including phenoxy) is 1. The number of hydrogen-bond acceptors (Lipinski definition) is 5. The molecular formula is C35H44N2O3. The Kier molecular flexibility index (Phi) is 10.5. The number of phenols is 2. The average Bonchev–Trinajstić information content (AvgIpc) is 2.97. The number of hydrogen-bond donors (Lipinski definition) is 2. The van der Waals surface area contributed by atoms with Gasteiger partial charge in [0.25, 0.3) is 0 Å². The van der Waals surface area contributed by atoms with E-state index in [2.05, 4.69) is 66.9 Å². The van der Waals surface area contributed by atoms with E-state index in [0.29, 0.717) is 5.56 Å². The third-order valence-electron chi connectivity index (χ3n) is 8.20. The standard InChI is InChI=1S/C35H44N2O3/c1-5-9-27(6-2)24-37-22-18-29(19-23-37)17-21-36(4)20-8-7-10-28-11-13-30(14-12-28)32-25-40-35-31(26(32)3)15-16-33(38)34(35)39/h5-6,9,11-16,25,29,38-39H,1-3,7-8,10,17-24H2,4H3/b27-9+. The molecule has 40 heavy (non-hydrogen) atoms. The Balaban J connectivity index is 1.14. The van der Waals surface area contributed by atoms with Gasteiger partial charge in [-0.15, -0.1) is 0 Å². The zero-order valence-corrected chi connectivity index (χ0v) is 23.9. The number of piperidine rings is 1. The minimum Gasteiger partial charge on any atom is -0.504 e. The van der Waals surface area contributed by atoms with Crippen LogP contribution in [-0.2, 0) is 6.42 Å². The molecule has 1 fully saturated rings. The highest BCUT2D eigenvalue weighted by atomic mass is 16.5. The van der Waals surface area contributed by atoms with Gasteiger partial charge >= 0.3 is 0 Å². The molecule has 0 amide bonds. The lowest BCUT2D eigenvalue weighted by Crippen LogP contribution is -2.36. The van der Waals surface area contributed by atoms with E-state index in [-0.39, 0.29) is 17.2 Å². The number of unbranched alkanes of at least 4 members (excludes halogenated alkanes) is 1. The van der Waals surface area contributed by atoms with Gasteiger partial charge in [-0.05, 0) is 112 Å². The Hall–Kier alpha value is -3.54. The highest BCUT2D eigenvalue weighted by molar-refractivity contribution is 6.06. The fraction of sp³-hybridized carbons (Fsp3) is 0.371. The number of phenolic OH excluding ortho intramolecular Hbond substituents is 2. The normalized spacial score (nSPS) is 16.4. The molecule has 2 N–H and O–H groups in total. The molecule has 0 atom stereocenters. The van der Waals surface area contributed by atoms with Crippen LogP contribution < -0.4 is 4.74 Å². The predicted octanol–water partition coefficient (Wildman–Crippen LogP) is 7.20. The molecule has 0 unspecified atom stereocenters. The molecule has 0 aromatic heterocycles. The van der Waals surface area contributed by atoms with Crippen molar-refractivity contribution in [1.29, 1.82) is 0 Å². The summed E-state index contributed by atoms with van der Waals surface area (Å²) in [5.74, 6) is 0.618. The molecule has 2 aromatic rings. The van der Waals surface area contributed by atoms with Crippen molar-refractivity contribution in [3.63, 3.8) is 0 Å². The monoisotopic (exact) mass is 540 g/mol. The maximum atomic E-state index is 10.1. The molecule has 5 nitrogen and oxygen atoms in total. The Labute approximate surface area is 240 Å². The molecule has 0 saturated carbocycles. The Morgan fingerprint density at radius 1 is 1.05 bits per heavy atom. The van der Waals surface area contributed by atoms with Crippen LogP contribution in [0.4, 0.5) is 0 Å². The van der Waals surface area contributed by atoms with Crippen molar-refractivity contribution in [2.75, 3.05) is 39.8 Å². The number of nitrogens with zero attached hydrogens (tertiary/aromatic N) is 2. The third-order valence-corrected chi connectivity index (χ3v) is 8.20. The van der Waals surface area contributed by atoms with Crippen molar-refractivity contribution >= 4 is 11.1 Å². The number of aryl methyl sites for hydroxylation is 1. The van der Waals surface area contributed by atoms with Gasteiger partial charge in [-0.25, -0.2) is 0 Å². The van der Waals surface area contributed by atoms with Crippen LogP contribution >= 0.6 is 0 Å². The van der Waals surface area contributed by atoms with Gasteiger partial charge in [0.2, 0.25) is 5.75 Å². The van der Waals surface area contributed by atoms with Crippen LogP contribution in [0.1, 0.15) is 48.8 Å². The lowest BCUT2D eigenvalue weighted by atomic mass is 9.91. The predicted molar refractivity (Wildman–Crippen MR) is 167 cm³/mol. The third kappa shape index (κ3) is 7.56. The summed E-state index contributed by atoms with van der Waals surface area (Å²) in [6.45, 7) is 17.6. The van der Waals surface area contributed by atoms with E-state index >= 15 is 0 Å². The number of fused-ring (bicyclic) bond motifs is 1. The minimum absolute atomic E-state index is 0.203. The Bertz CT molecular complexity index is 1250. The highest BCUT2D eigenvalue weighted by Gasteiger charge is 2.23. The molecule has 0 spiro atoms. The zero-order chi connectivity index (χ0) is 28.5. The molecule has 2 aromatic carbocycles. The Morgan fingerprint density at radius 3 is 2.50 bits per heavy atom. The first-order valence-electron chi connectivity index (χ1n) is 14.4. The summed E-state index contributed by atoms with van der Waals surface area (Å²) in [5.41, 5.74) is 5.92. The molecule has 4 rings (SSSR count). The van der Waals surface area contributed by atoms with Gasteiger partial charge in [0.05, 0.1) is 6.26 Å². The summed E-state index contributed by atoms with van der Waals surface area (Å²) in [7, 11) is 2.26. The summed E-state index contributed by atoms with van der Waals surface area (Å²) in [6.07, 6.45) is 14.7. The molecular weight excluding hydrogens is 496 g/mol. The van der Waals surface area contributed by atoms with E-state index in [0.717, 1.165) is 42.1 Å². The average molecular weight is 541 g/mol. The molecule has 2 aliphatic rings. The number of likely N-dealkylation sites (tertiary alicyclic amines) is 1. The Morgan fingerprint density at radius 2 is 1.80 bits per heavy atom. The van der Waals surface area contributed by atoms with E-state index in [1.165, 1.54) is 68.9 Å². The van der Waals surface area contributed by atoms with Crippen molar-refractivity contribution in [3.8, 4) is 17.2 Å². The van der Waals surface area contributed by atoms with Crippen LogP contribution in [0.3, 0.4) is 0 Å². The number of aromatic hydroxyl groups is 2. The fourth-order valence-electron chi connectivity index (χ4n) is 5.60. The summed E-state index contributed by atoms with van der Waals surface area (Å²) in [4.78, 5) is 5.03. The molecule has 0 radical (unpaired) electrons. The molecule has 212 valence electrons. The first-order chi connectivity index (χ1) is 19.4. The molecule has 2 aliphatic heterocycles. The van der Waals surface area contributed by atoms with Crippen LogP contribution in [0.2, 0.25) is 0 Å². The molecule has 0 aliphatic carbocycles. The van der Waals surface area contributed by atoms with Crippen LogP contribution in [0, 0.1) is 5.92 Å². The summed E-state index contributed by atoms with van der Waals surface area (Å²) in [6, 6.07) is 11.7. The zero-order valence-electron chi connectivity index (χ0n) is 23.9. The van der Waals surface area contributed by atoms with Gasteiger partial charge < -0.3 is 19.8 Å². The summed E-state index contributed by atoms with van der Waals surface area (Å²) >= 11 is 0. The van der Waals surface area contributed by atoms with Crippen LogP contribution in [0.5, 0.6) is 17.2 Å². The van der Waals surface area contributed by atoms with Crippen LogP contribution in [-0.4, -0.2) is 59.8 Å². The second kappa shape index (κ2) is 14.2. The van der Waals surface area contributed by atoms with Crippen molar-refractivity contribution < 1.29 is 14.9 Å². The van der Waals surface area contributed by atoms with E-state index in [4.69, 9.17) is 4.74 Å². The lowest BCUT2D eigenvalue weighted by Gasteiger charge is -2.33. The second-order valence-corrected chi connectivity index (χ2v) is 11.1. The molecule has 0 bridgehead atoms. The van der Waals surface area contributed by atoms with Crippen LogP contribution in [0.25, 0.3) is 11.1 Å².